The first-order valence-electron chi connectivity index (χ1n) is 7.66. The van der Waals surface area contributed by atoms with Crippen molar-refractivity contribution in [3.05, 3.63) is 29.8 Å². The number of ether oxygens (including phenoxy) is 1. The molecular formula is C17H24N2O2. The van der Waals surface area contributed by atoms with Gasteiger partial charge in [0, 0.05) is 18.8 Å². The standard InChI is InChI=1S/C17H24N2O2/c1-12-5-7-13(8-6-12)18-10-14-9-15(11-18)19(14)16(20)21-17(2,3)4/h5-8,14-15H,9-11H2,1-4H3. The first-order valence-corrected chi connectivity index (χ1v) is 7.66. The van der Waals surface area contributed by atoms with E-state index in [0.29, 0.717) is 12.1 Å². The number of fused-ring (bicyclic) bond motifs is 2. The van der Waals surface area contributed by atoms with Crippen molar-refractivity contribution in [3.63, 3.8) is 0 Å². The van der Waals surface area contributed by atoms with Crippen LogP contribution in [0, 0.1) is 6.92 Å². The van der Waals surface area contributed by atoms with Crippen LogP contribution in [-0.2, 0) is 4.74 Å². The Hall–Kier alpha value is -1.71. The average molecular weight is 288 g/mol. The molecule has 2 bridgehead atoms. The molecule has 4 rings (SSSR count). The number of amides is 1. The Balaban J connectivity index is 1.64. The van der Waals surface area contributed by atoms with Crippen molar-refractivity contribution in [1.29, 1.82) is 0 Å². The highest BCUT2D eigenvalue weighted by molar-refractivity contribution is 5.71. The molecule has 0 saturated carbocycles. The molecule has 4 nitrogen and oxygen atoms in total. The number of benzene rings is 1. The maximum Gasteiger partial charge on any atom is 0.410 e. The van der Waals surface area contributed by atoms with Crippen LogP contribution in [0.3, 0.4) is 0 Å². The van der Waals surface area contributed by atoms with E-state index in [1.54, 1.807) is 0 Å². The lowest BCUT2D eigenvalue weighted by atomic mass is 9.87. The third kappa shape index (κ3) is 2.85. The second kappa shape index (κ2) is 4.93. The number of piperazine rings is 1. The Morgan fingerprint density at radius 3 is 2.24 bits per heavy atom. The van der Waals surface area contributed by atoms with Gasteiger partial charge in [0.25, 0.3) is 0 Å². The monoisotopic (exact) mass is 288 g/mol. The second-order valence-corrected chi connectivity index (χ2v) is 7.17. The third-order valence-electron chi connectivity index (χ3n) is 4.20. The van der Waals surface area contributed by atoms with Gasteiger partial charge in [0.1, 0.15) is 5.60 Å². The van der Waals surface area contributed by atoms with Crippen molar-refractivity contribution < 1.29 is 9.53 Å². The van der Waals surface area contributed by atoms with Gasteiger partial charge >= 0.3 is 6.09 Å². The Bertz CT molecular complexity index is 521. The van der Waals surface area contributed by atoms with E-state index in [0.717, 1.165) is 19.5 Å². The van der Waals surface area contributed by atoms with Crippen LogP contribution in [0.1, 0.15) is 32.8 Å². The number of hydrogen-bond acceptors (Lipinski definition) is 3. The zero-order valence-electron chi connectivity index (χ0n) is 13.3. The molecule has 4 heteroatoms. The quantitative estimate of drug-likeness (QED) is 0.795. The number of hydrogen-bond donors (Lipinski definition) is 0. The van der Waals surface area contributed by atoms with Gasteiger partial charge in [0.15, 0.2) is 0 Å². The third-order valence-corrected chi connectivity index (χ3v) is 4.20. The summed E-state index contributed by atoms with van der Waals surface area (Å²) in [6.07, 6.45) is 0.939. The summed E-state index contributed by atoms with van der Waals surface area (Å²) in [4.78, 5) is 16.5. The van der Waals surface area contributed by atoms with Crippen molar-refractivity contribution >= 4 is 11.8 Å². The number of nitrogens with zero attached hydrogens (tertiary/aromatic N) is 2. The van der Waals surface area contributed by atoms with Gasteiger partial charge in [-0.3, -0.25) is 4.90 Å². The number of rotatable bonds is 1. The van der Waals surface area contributed by atoms with E-state index >= 15 is 0 Å². The molecule has 3 aliphatic rings. The Labute approximate surface area is 126 Å². The first kappa shape index (κ1) is 14.2. The van der Waals surface area contributed by atoms with Crippen LogP contribution in [0.5, 0.6) is 0 Å². The van der Waals surface area contributed by atoms with E-state index in [4.69, 9.17) is 4.74 Å². The summed E-state index contributed by atoms with van der Waals surface area (Å²) in [6, 6.07) is 9.19. The maximum atomic E-state index is 12.2. The molecule has 2 atom stereocenters. The highest BCUT2D eigenvalue weighted by atomic mass is 16.6. The molecule has 1 amide bonds. The predicted molar refractivity (Wildman–Crippen MR) is 83.7 cm³/mol. The molecule has 1 aromatic carbocycles. The maximum absolute atomic E-state index is 12.2. The van der Waals surface area contributed by atoms with Gasteiger partial charge in [-0.15, -0.1) is 0 Å². The molecule has 21 heavy (non-hydrogen) atoms. The van der Waals surface area contributed by atoms with Gasteiger partial charge in [0.05, 0.1) is 12.1 Å². The second-order valence-electron chi connectivity index (χ2n) is 7.17. The van der Waals surface area contributed by atoms with Crippen molar-refractivity contribution in [1.82, 2.24) is 4.90 Å². The topological polar surface area (TPSA) is 32.8 Å². The van der Waals surface area contributed by atoms with Crippen LogP contribution >= 0.6 is 0 Å². The number of anilines is 1. The van der Waals surface area contributed by atoms with Gasteiger partial charge in [-0.1, -0.05) is 17.7 Å². The van der Waals surface area contributed by atoms with Gasteiger partial charge in [0.2, 0.25) is 0 Å². The SMILES string of the molecule is Cc1ccc(N2CC3CC(C2)N3C(=O)OC(C)(C)C)cc1. The first-order chi connectivity index (χ1) is 9.83. The summed E-state index contributed by atoms with van der Waals surface area (Å²) in [5, 5.41) is 0. The van der Waals surface area contributed by atoms with E-state index in [9.17, 15) is 4.79 Å². The molecule has 114 valence electrons. The Morgan fingerprint density at radius 1 is 1.14 bits per heavy atom. The van der Waals surface area contributed by atoms with Crippen molar-refractivity contribution in [2.24, 2.45) is 0 Å². The van der Waals surface area contributed by atoms with E-state index < -0.39 is 5.60 Å². The van der Waals surface area contributed by atoms with Crippen LogP contribution in [-0.4, -0.2) is 41.8 Å². The van der Waals surface area contributed by atoms with Gasteiger partial charge in [-0.05, 0) is 46.2 Å². The molecule has 0 aliphatic carbocycles. The molecule has 0 N–H and O–H groups in total. The fourth-order valence-corrected chi connectivity index (χ4v) is 3.19. The smallest absolute Gasteiger partial charge is 0.410 e. The zero-order valence-corrected chi connectivity index (χ0v) is 13.3. The van der Waals surface area contributed by atoms with Gasteiger partial charge in [-0.25, -0.2) is 4.79 Å². The number of piperidine rings is 1. The lowest BCUT2D eigenvalue weighted by Crippen LogP contribution is -2.70. The van der Waals surface area contributed by atoms with Crippen LogP contribution in [0.25, 0.3) is 0 Å². The molecular weight excluding hydrogens is 264 g/mol. The summed E-state index contributed by atoms with van der Waals surface area (Å²) in [7, 11) is 0. The summed E-state index contributed by atoms with van der Waals surface area (Å²) in [5.74, 6) is 0. The molecule has 3 fully saturated rings. The van der Waals surface area contributed by atoms with Crippen LogP contribution in [0.15, 0.2) is 24.3 Å². The highest BCUT2D eigenvalue weighted by Crippen LogP contribution is 2.35. The number of carbonyl (C=O) groups excluding carboxylic acids is 1. The Morgan fingerprint density at radius 2 is 1.71 bits per heavy atom. The predicted octanol–water partition coefficient (Wildman–Crippen LogP) is 3.19. The van der Waals surface area contributed by atoms with Crippen LogP contribution < -0.4 is 4.90 Å². The molecule has 3 heterocycles. The van der Waals surface area contributed by atoms with Gasteiger partial charge < -0.3 is 9.64 Å². The molecule has 3 aliphatic heterocycles. The lowest BCUT2D eigenvalue weighted by molar-refractivity contribution is -0.0379. The lowest BCUT2D eigenvalue weighted by Gasteiger charge is -2.56. The molecule has 2 unspecified atom stereocenters. The fraction of sp³-hybridized carbons (Fsp3) is 0.588. The van der Waals surface area contributed by atoms with E-state index in [1.165, 1.54) is 11.3 Å². The number of aryl methyl sites for hydroxylation is 1. The van der Waals surface area contributed by atoms with Crippen molar-refractivity contribution in [3.8, 4) is 0 Å². The summed E-state index contributed by atoms with van der Waals surface area (Å²) in [6.45, 7) is 9.65. The van der Waals surface area contributed by atoms with Gasteiger partial charge in [-0.2, -0.15) is 0 Å². The van der Waals surface area contributed by atoms with E-state index in [1.807, 2.05) is 25.7 Å². The zero-order chi connectivity index (χ0) is 15.2. The summed E-state index contributed by atoms with van der Waals surface area (Å²) < 4.78 is 5.50. The normalized spacial score (nSPS) is 24.6. The van der Waals surface area contributed by atoms with E-state index in [-0.39, 0.29) is 6.09 Å². The van der Waals surface area contributed by atoms with Crippen LogP contribution in [0.2, 0.25) is 0 Å². The minimum Gasteiger partial charge on any atom is -0.444 e. The summed E-state index contributed by atoms with van der Waals surface area (Å²) >= 11 is 0. The van der Waals surface area contributed by atoms with E-state index in [2.05, 4.69) is 36.1 Å². The molecule has 0 spiro atoms. The number of carbonyl (C=O) groups is 1. The minimum absolute atomic E-state index is 0.160. The highest BCUT2D eigenvalue weighted by Gasteiger charge is 2.48. The summed E-state index contributed by atoms with van der Waals surface area (Å²) in [5.41, 5.74) is 2.10. The Kier molecular flexibility index (Phi) is 3.34. The van der Waals surface area contributed by atoms with Crippen molar-refractivity contribution in [2.45, 2.75) is 51.8 Å². The minimum atomic E-state index is -0.419. The molecule has 0 aromatic heterocycles. The molecule has 1 aromatic rings. The fourth-order valence-electron chi connectivity index (χ4n) is 3.19. The molecule has 0 radical (unpaired) electrons. The average Bonchev–Trinajstić information content (AvgIpc) is 2.37. The molecule has 3 saturated heterocycles. The largest absolute Gasteiger partial charge is 0.444 e. The van der Waals surface area contributed by atoms with Crippen LogP contribution in [0.4, 0.5) is 10.5 Å². The van der Waals surface area contributed by atoms with Crippen molar-refractivity contribution in [2.75, 3.05) is 18.0 Å².